The first kappa shape index (κ1) is 12.6. The Morgan fingerprint density at radius 3 is 3.00 bits per heavy atom. The number of nitrogens with two attached hydrogens (primary N) is 1. The van der Waals surface area contributed by atoms with Crippen molar-refractivity contribution >= 4 is 11.6 Å². The number of amides is 1. The Kier molecular flexibility index (Phi) is 3.29. The summed E-state index contributed by atoms with van der Waals surface area (Å²) in [5.41, 5.74) is 9.48. The molecule has 4 heteroatoms. The molecule has 1 amide bonds. The number of nitrogens with one attached hydrogen (secondary N) is 1. The molecule has 1 fully saturated rings. The molecule has 0 radical (unpaired) electrons. The van der Waals surface area contributed by atoms with Gasteiger partial charge in [-0.15, -0.1) is 0 Å². The maximum absolute atomic E-state index is 11.6. The summed E-state index contributed by atoms with van der Waals surface area (Å²) in [5.74, 6) is 0.179. The van der Waals surface area contributed by atoms with Crippen LogP contribution >= 0.6 is 0 Å². The molecule has 3 N–H and O–H groups in total. The number of likely N-dealkylation sites (N-methyl/N-ethyl adjacent to an activating group) is 1. The van der Waals surface area contributed by atoms with Crippen LogP contribution in [0, 0.1) is 0 Å². The fourth-order valence-electron chi connectivity index (χ4n) is 3.12. The highest BCUT2D eigenvalue weighted by Gasteiger charge is 2.25. The lowest BCUT2D eigenvalue weighted by Gasteiger charge is -2.17. The summed E-state index contributed by atoms with van der Waals surface area (Å²) in [6.45, 7) is 0.837. The van der Waals surface area contributed by atoms with Crippen LogP contribution in [0.2, 0.25) is 0 Å². The van der Waals surface area contributed by atoms with Crippen LogP contribution in [0.1, 0.15) is 30.4 Å². The van der Waals surface area contributed by atoms with Crippen LogP contribution in [0.15, 0.2) is 18.2 Å². The molecular formula is C15H21N3O. The molecule has 0 spiro atoms. The first-order chi connectivity index (χ1) is 9.15. The molecule has 3 rings (SSSR count). The number of nitrogens with zero attached hydrogens (tertiary/aromatic N) is 1. The van der Waals surface area contributed by atoms with Crippen molar-refractivity contribution in [2.24, 2.45) is 5.73 Å². The Balaban J connectivity index is 1.67. The molecular weight excluding hydrogens is 238 g/mol. The second-order valence-corrected chi connectivity index (χ2v) is 5.67. The van der Waals surface area contributed by atoms with Crippen LogP contribution in [-0.2, 0) is 17.8 Å². The topological polar surface area (TPSA) is 58.4 Å². The van der Waals surface area contributed by atoms with Gasteiger partial charge in [0.1, 0.15) is 0 Å². The summed E-state index contributed by atoms with van der Waals surface area (Å²) in [7, 11) is 1.84. The number of hydrogen-bond acceptors (Lipinski definition) is 3. The fraction of sp³-hybridized carbons (Fsp3) is 0.533. The summed E-state index contributed by atoms with van der Waals surface area (Å²) < 4.78 is 0. The van der Waals surface area contributed by atoms with Gasteiger partial charge in [0.05, 0.1) is 6.42 Å². The lowest BCUT2D eigenvalue weighted by atomic mass is 10.1. The molecule has 19 heavy (non-hydrogen) atoms. The molecule has 2 aliphatic rings. The first-order valence-electron chi connectivity index (χ1n) is 7.02. The molecule has 1 aromatic rings. The predicted molar refractivity (Wildman–Crippen MR) is 76.0 cm³/mol. The molecule has 1 aliphatic carbocycles. The Labute approximate surface area is 114 Å². The molecule has 0 bridgehead atoms. The maximum atomic E-state index is 11.6. The summed E-state index contributed by atoms with van der Waals surface area (Å²) >= 11 is 0. The van der Waals surface area contributed by atoms with Crippen molar-refractivity contribution in [3.8, 4) is 0 Å². The number of anilines is 1. The summed E-state index contributed by atoms with van der Waals surface area (Å²) in [5, 5.41) is 3.54. The standard InChI is InChI=1S/C15H21N3O/c1-18-14-6-5-10(7-11(14)8-15(18)19)9-17-13-4-2-3-12(13)16/h5-7,12-13,17H,2-4,8-9,16H2,1H3. The monoisotopic (exact) mass is 259 g/mol. The van der Waals surface area contributed by atoms with Gasteiger partial charge in [-0.2, -0.15) is 0 Å². The zero-order valence-corrected chi connectivity index (χ0v) is 11.4. The van der Waals surface area contributed by atoms with Crippen LogP contribution in [0.4, 0.5) is 5.69 Å². The lowest BCUT2D eigenvalue weighted by molar-refractivity contribution is -0.117. The quantitative estimate of drug-likeness (QED) is 0.857. The number of carbonyl (C=O) groups excluding carboxylic acids is 1. The van der Waals surface area contributed by atoms with Crippen LogP contribution in [-0.4, -0.2) is 25.0 Å². The van der Waals surface area contributed by atoms with Gasteiger partial charge in [-0.3, -0.25) is 4.79 Å². The lowest BCUT2D eigenvalue weighted by Crippen LogP contribution is -2.40. The highest BCUT2D eigenvalue weighted by molar-refractivity contribution is 6.00. The molecule has 2 unspecified atom stereocenters. The van der Waals surface area contributed by atoms with E-state index in [1.54, 1.807) is 4.90 Å². The van der Waals surface area contributed by atoms with Gasteiger partial charge in [0.2, 0.25) is 5.91 Å². The molecule has 1 aliphatic heterocycles. The minimum absolute atomic E-state index is 0.179. The van der Waals surface area contributed by atoms with Crippen molar-refractivity contribution in [3.05, 3.63) is 29.3 Å². The average molecular weight is 259 g/mol. The Morgan fingerprint density at radius 2 is 2.26 bits per heavy atom. The van der Waals surface area contributed by atoms with Crippen LogP contribution < -0.4 is 16.0 Å². The largest absolute Gasteiger partial charge is 0.326 e. The highest BCUT2D eigenvalue weighted by atomic mass is 16.2. The minimum Gasteiger partial charge on any atom is -0.326 e. The summed E-state index contributed by atoms with van der Waals surface area (Å²) in [6, 6.07) is 7.02. The van der Waals surface area contributed by atoms with E-state index in [1.807, 2.05) is 13.1 Å². The van der Waals surface area contributed by atoms with E-state index in [1.165, 1.54) is 18.4 Å². The van der Waals surface area contributed by atoms with Crippen molar-refractivity contribution in [2.45, 2.75) is 44.3 Å². The Hall–Kier alpha value is -1.39. The predicted octanol–water partition coefficient (Wildman–Crippen LogP) is 1.17. The Bertz CT molecular complexity index is 500. The van der Waals surface area contributed by atoms with Crippen molar-refractivity contribution in [3.63, 3.8) is 0 Å². The maximum Gasteiger partial charge on any atom is 0.231 e. The number of hydrogen-bond donors (Lipinski definition) is 2. The zero-order chi connectivity index (χ0) is 13.4. The second kappa shape index (κ2) is 4.94. The van der Waals surface area contributed by atoms with Gasteiger partial charge in [0, 0.05) is 31.4 Å². The number of carbonyl (C=O) groups is 1. The van der Waals surface area contributed by atoms with E-state index in [-0.39, 0.29) is 5.91 Å². The first-order valence-corrected chi connectivity index (χ1v) is 7.02. The zero-order valence-electron chi connectivity index (χ0n) is 11.4. The van der Waals surface area contributed by atoms with E-state index >= 15 is 0 Å². The summed E-state index contributed by atoms with van der Waals surface area (Å²) in [4.78, 5) is 13.4. The SMILES string of the molecule is CN1C(=O)Cc2cc(CNC3CCCC3N)ccc21. The molecule has 1 aromatic carbocycles. The van der Waals surface area contributed by atoms with Crippen molar-refractivity contribution in [1.82, 2.24) is 5.32 Å². The fourth-order valence-corrected chi connectivity index (χ4v) is 3.12. The molecule has 0 saturated heterocycles. The molecule has 2 atom stereocenters. The number of benzene rings is 1. The van der Waals surface area contributed by atoms with Gasteiger partial charge < -0.3 is 16.0 Å². The van der Waals surface area contributed by atoms with Crippen LogP contribution in [0.5, 0.6) is 0 Å². The molecule has 0 aromatic heterocycles. The van der Waals surface area contributed by atoms with Crippen molar-refractivity contribution in [1.29, 1.82) is 0 Å². The third-order valence-electron chi connectivity index (χ3n) is 4.36. The molecule has 4 nitrogen and oxygen atoms in total. The van der Waals surface area contributed by atoms with Gasteiger partial charge in [-0.1, -0.05) is 18.6 Å². The van der Waals surface area contributed by atoms with E-state index in [0.29, 0.717) is 18.5 Å². The van der Waals surface area contributed by atoms with Crippen molar-refractivity contribution < 1.29 is 4.79 Å². The van der Waals surface area contributed by atoms with Gasteiger partial charge in [-0.05, 0) is 30.0 Å². The van der Waals surface area contributed by atoms with Crippen LogP contribution in [0.25, 0.3) is 0 Å². The molecule has 1 saturated carbocycles. The normalized spacial score (nSPS) is 26.0. The molecule has 102 valence electrons. The van der Waals surface area contributed by atoms with E-state index in [9.17, 15) is 4.79 Å². The minimum atomic E-state index is 0.179. The van der Waals surface area contributed by atoms with Gasteiger partial charge in [0.25, 0.3) is 0 Å². The van der Waals surface area contributed by atoms with E-state index in [2.05, 4.69) is 17.4 Å². The average Bonchev–Trinajstić information content (AvgIpc) is 2.92. The van der Waals surface area contributed by atoms with Gasteiger partial charge >= 0.3 is 0 Å². The second-order valence-electron chi connectivity index (χ2n) is 5.67. The number of rotatable bonds is 3. The highest BCUT2D eigenvalue weighted by Crippen LogP contribution is 2.28. The van der Waals surface area contributed by atoms with E-state index < -0.39 is 0 Å². The molecule has 1 heterocycles. The van der Waals surface area contributed by atoms with Crippen molar-refractivity contribution in [2.75, 3.05) is 11.9 Å². The van der Waals surface area contributed by atoms with E-state index in [0.717, 1.165) is 24.2 Å². The summed E-state index contributed by atoms with van der Waals surface area (Å²) in [6.07, 6.45) is 4.05. The number of fused-ring (bicyclic) bond motifs is 1. The third kappa shape index (κ3) is 2.38. The van der Waals surface area contributed by atoms with E-state index in [4.69, 9.17) is 5.73 Å². The smallest absolute Gasteiger partial charge is 0.231 e. The van der Waals surface area contributed by atoms with Gasteiger partial charge in [-0.25, -0.2) is 0 Å². The Morgan fingerprint density at radius 1 is 1.42 bits per heavy atom. The van der Waals surface area contributed by atoms with Gasteiger partial charge in [0.15, 0.2) is 0 Å². The van der Waals surface area contributed by atoms with Crippen LogP contribution in [0.3, 0.4) is 0 Å². The third-order valence-corrected chi connectivity index (χ3v) is 4.36.